The van der Waals surface area contributed by atoms with Crippen LogP contribution in [0.2, 0.25) is 0 Å². The monoisotopic (exact) mass is 243 g/mol. The first-order valence-electron chi connectivity index (χ1n) is 5.57. The normalized spacial score (nSPS) is 11.4. The van der Waals surface area contributed by atoms with Crippen molar-refractivity contribution in [1.29, 1.82) is 0 Å². The minimum atomic E-state index is -0.275. The standard InChI is InChI=1S/C14H14FN3/c1-10-7-8-11(9-13(10)15)14(18-16)17-12-5-3-2-4-6-12/h2-9H,16H2,1H3,(H,17,18). The van der Waals surface area contributed by atoms with Gasteiger partial charge in [-0.1, -0.05) is 30.3 Å². The van der Waals surface area contributed by atoms with Gasteiger partial charge in [-0.2, -0.15) is 0 Å². The molecule has 0 saturated carbocycles. The molecule has 0 aliphatic heterocycles. The van der Waals surface area contributed by atoms with Crippen LogP contribution in [0.15, 0.2) is 53.5 Å². The summed E-state index contributed by atoms with van der Waals surface area (Å²) in [6.45, 7) is 1.71. The number of nitrogens with two attached hydrogens (primary N) is 1. The molecule has 2 rings (SSSR count). The van der Waals surface area contributed by atoms with Crippen LogP contribution in [0, 0.1) is 12.7 Å². The van der Waals surface area contributed by atoms with Crippen LogP contribution in [0.25, 0.3) is 0 Å². The Kier molecular flexibility index (Phi) is 3.69. The highest BCUT2D eigenvalue weighted by atomic mass is 19.1. The lowest BCUT2D eigenvalue weighted by atomic mass is 10.1. The van der Waals surface area contributed by atoms with E-state index in [9.17, 15) is 4.39 Å². The van der Waals surface area contributed by atoms with Gasteiger partial charge < -0.3 is 5.43 Å². The summed E-state index contributed by atoms with van der Waals surface area (Å²) in [5, 5.41) is 0. The number of aliphatic imine (C=N–C) groups is 1. The quantitative estimate of drug-likeness (QED) is 0.369. The number of rotatable bonds is 2. The molecule has 0 saturated heterocycles. The maximum absolute atomic E-state index is 13.5. The zero-order valence-corrected chi connectivity index (χ0v) is 10.0. The number of para-hydroxylation sites is 1. The second-order valence-corrected chi connectivity index (χ2v) is 3.90. The van der Waals surface area contributed by atoms with E-state index < -0.39 is 0 Å². The van der Waals surface area contributed by atoms with Crippen LogP contribution < -0.4 is 11.3 Å². The van der Waals surface area contributed by atoms with Crippen LogP contribution in [-0.4, -0.2) is 5.84 Å². The number of nitrogens with zero attached hydrogens (tertiary/aromatic N) is 1. The van der Waals surface area contributed by atoms with Gasteiger partial charge >= 0.3 is 0 Å². The van der Waals surface area contributed by atoms with Gasteiger partial charge in [0.05, 0.1) is 5.69 Å². The second-order valence-electron chi connectivity index (χ2n) is 3.90. The van der Waals surface area contributed by atoms with Crippen molar-refractivity contribution in [1.82, 2.24) is 5.43 Å². The van der Waals surface area contributed by atoms with E-state index in [-0.39, 0.29) is 5.82 Å². The zero-order valence-electron chi connectivity index (χ0n) is 10.0. The maximum Gasteiger partial charge on any atom is 0.148 e. The van der Waals surface area contributed by atoms with Crippen LogP contribution in [0.1, 0.15) is 11.1 Å². The van der Waals surface area contributed by atoms with Crippen LogP contribution in [0.4, 0.5) is 10.1 Å². The summed E-state index contributed by atoms with van der Waals surface area (Å²) in [6, 6.07) is 14.2. The molecule has 0 aliphatic carbocycles. The second kappa shape index (κ2) is 5.42. The number of hydrogen-bond donors (Lipinski definition) is 2. The molecule has 0 radical (unpaired) electrons. The zero-order chi connectivity index (χ0) is 13.0. The first kappa shape index (κ1) is 12.3. The number of nitrogens with one attached hydrogen (secondary N) is 1. The third-order valence-electron chi connectivity index (χ3n) is 2.58. The van der Waals surface area contributed by atoms with Gasteiger partial charge in [-0.15, -0.1) is 0 Å². The Balaban J connectivity index is 2.39. The van der Waals surface area contributed by atoms with Crippen molar-refractivity contribution >= 4 is 11.5 Å². The van der Waals surface area contributed by atoms with E-state index in [0.717, 1.165) is 5.69 Å². The Bertz CT molecular complexity index is 565. The molecule has 0 aromatic heterocycles. The van der Waals surface area contributed by atoms with Crippen LogP contribution in [0.5, 0.6) is 0 Å². The van der Waals surface area contributed by atoms with Crippen LogP contribution in [-0.2, 0) is 0 Å². The molecule has 0 aliphatic rings. The summed E-state index contributed by atoms with van der Waals surface area (Å²) in [5.41, 5.74) is 4.46. The van der Waals surface area contributed by atoms with Crippen molar-refractivity contribution in [3.8, 4) is 0 Å². The Morgan fingerprint density at radius 1 is 1.17 bits per heavy atom. The average molecular weight is 243 g/mol. The average Bonchev–Trinajstić information content (AvgIpc) is 2.40. The number of halogens is 1. The van der Waals surface area contributed by atoms with E-state index in [1.54, 1.807) is 19.1 Å². The molecule has 0 spiro atoms. The highest BCUT2D eigenvalue weighted by molar-refractivity contribution is 5.99. The van der Waals surface area contributed by atoms with Gasteiger partial charge in [0.2, 0.25) is 0 Å². The maximum atomic E-state index is 13.5. The van der Waals surface area contributed by atoms with Gasteiger partial charge in [0.15, 0.2) is 0 Å². The van der Waals surface area contributed by atoms with Crippen LogP contribution >= 0.6 is 0 Å². The van der Waals surface area contributed by atoms with Crippen LogP contribution in [0.3, 0.4) is 0 Å². The summed E-state index contributed by atoms with van der Waals surface area (Å²) >= 11 is 0. The molecule has 92 valence electrons. The molecule has 0 amide bonds. The third kappa shape index (κ3) is 2.73. The molecule has 2 aromatic carbocycles. The number of aryl methyl sites for hydroxylation is 1. The fraction of sp³-hybridized carbons (Fsp3) is 0.0714. The third-order valence-corrected chi connectivity index (χ3v) is 2.58. The predicted molar refractivity (Wildman–Crippen MR) is 71.1 cm³/mol. The first-order chi connectivity index (χ1) is 8.70. The van der Waals surface area contributed by atoms with E-state index in [4.69, 9.17) is 5.84 Å². The fourth-order valence-corrected chi connectivity index (χ4v) is 1.55. The van der Waals surface area contributed by atoms with E-state index in [1.165, 1.54) is 6.07 Å². The van der Waals surface area contributed by atoms with E-state index in [0.29, 0.717) is 17.0 Å². The molecule has 0 atom stereocenters. The molecular formula is C14H14FN3. The van der Waals surface area contributed by atoms with Gasteiger partial charge in [0, 0.05) is 5.56 Å². The molecule has 18 heavy (non-hydrogen) atoms. The summed E-state index contributed by atoms with van der Waals surface area (Å²) in [7, 11) is 0. The molecule has 3 nitrogen and oxygen atoms in total. The molecular weight excluding hydrogens is 229 g/mol. The van der Waals surface area contributed by atoms with Gasteiger partial charge in [0.1, 0.15) is 11.7 Å². The lowest BCUT2D eigenvalue weighted by molar-refractivity contribution is 0.618. The van der Waals surface area contributed by atoms with Crippen molar-refractivity contribution in [2.45, 2.75) is 6.92 Å². The van der Waals surface area contributed by atoms with E-state index in [1.807, 2.05) is 30.3 Å². The first-order valence-corrected chi connectivity index (χ1v) is 5.57. The highest BCUT2D eigenvalue weighted by Gasteiger charge is 2.05. The molecule has 2 aromatic rings. The Labute approximate surface area is 105 Å². The van der Waals surface area contributed by atoms with Crippen molar-refractivity contribution in [2.75, 3.05) is 0 Å². The van der Waals surface area contributed by atoms with Gasteiger partial charge in [-0.3, -0.25) is 0 Å². The Morgan fingerprint density at radius 2 is 1.89 bits per heavy atom. The Hall–Kier alpha value is -2.20. The fourth-order valence-electron chi connectivity index (χ4n) is 1.55. The van der Waals surface area contributed by atoms with E-state index >= 15 is 0 Å². The molecule has 0 bridgehead atoms. The number of hydrazine groups is 1. The van der Waals surface area contributed by atoms with Crippen molar-refractivity contribution in [3.05, 3.63) is 65.5 Å². The summed E-state index contributed by atoms with van der Waals surface area (Å²) < 4.78 is 13.5. The lowest BCUT2D eigenvalue weighted by Gasteiger charge is -2.07. The van der Waals surface area contributed by atoms with Gasteiger partial charge in [0.25, 0.3) is 0 Å². The molecule has 0 unspecified atom stereocenters. The van der Waals surface area contributed by atoms with Gasteiger partial charge in [-0.05, 0) is 30.7 Å². The van der Waals surface area contributed by atoms with Crippen molar-refractivity contribution in [3.63, 3.8) is 0 Å². The minimum Gasteiger partial charge on any atom is -0.308 e. The number of amidine groups is 1. The topological polar surface area (TPSA) is 50.4 Å². The smallest absolute Gasteiger partial charge is 0.148 e. The predicted octanol–water partition coefficient (Wildman–Crippen LogP) is 2.68. The lowest BCUT2D eigenvalue weighted by Crippen LogP contribution is -2.31. The van der Waals surface area contributed by atoms with Crippen molar-refractivity contribution in [2.24, 2.45) is 10.8 Å². The molecule has 0 heterocycles. The molecule has 4 heteroatoms. The summed E-state index contributed by atoms with van der Waals surface area (Å²) in [4.78, 5) is 4.33. The highest BCUT2D eigenvalue weighted by Crippen LogP contribution is 2.14. The van der Waals surface area contributed by atoms with E-state index in [2.05, 4.69) is 10.4 Å². The minimum absolute atomic E-state index is 0.275. The summed E-state index contributed by atoms with van der Waals surface area (Å²) in [6.07, 6.45) is 0. The SMILES string of the molecule is Cc1ccc(C(=Nc2ccccc2)NN)cc1F. The Morgan fingerprint density at radius 3 is 2.50 bits per heavy atom. The molecule has 0 fully saturated rings. The molecule has 3 N–H and O–H groups in total. The van der Waals surface area contributed by atoms with Gasteiger partial charge in [-0.25, -0.2) is 15.2 Å². The number of hydrogen-bond acceptors (Lipinski definition) is 2. The van der Waals surface area contributed by atoms with Crippen molar-refractivity contribution < 1.29 is 4.39 Å². The summed E-state index contributed by atoms with van der Waals surface area (Å²) in [5.74, 6) is 5.59. The largest absolute Gasteiger partial charge is 0.308 e. The number of benzene rings is 2.